The van der Waals surface area contributed by atoms with E-state index < -0.39 is 5.97 Å². The van der Waals surface area contributed by atoms with E-state index in [2.05, 4.69) is 9.97 Å². The van der Waals surface area contributed by atoms with Crippen molar-refractivity contribution in [3.8, 4) is 0 Å². The molecule has 0 atom stereocenters. The Morgan fingerprint density at radius 2 is 2.38 bits per heavy atom. The van der Waals surface area contributed by atoms with E-state index >= 15 is 0 Å². The van der Waals surface area contributed by atoms with Gasteiger partial charge in [-0.3, -0.25) is 0 Å². The summed E-state index contributed by atoms with van der Waals surface area (Å²) in [4.78, 5) is 18.5. The van der Waals surface area contributed by atoms with Gasteiger partial charge in [0.25, 0.3) is 0 Å². The van der Waals surface area contributed by atoms with Crippen molar-refractivity contribution in [2.24, 2.45) is 0 Å². The fourth-order valence-electron chi connectivity index (χ4n) is 0.861. The van der Waals surface area contributed by atoms with Crippen LogP contribution >= 0.6 is 23.5 Å². The van der Waals surface area contributed by atoms with E-state index in [-0.39, 0.29) is 0 Å². The Morgan fingerprint density at radius 1 is 1.62 bits per heavy atom. The van der Waals surface area contributed by atoms with Gasteiger partial charge in [-0.25, -0.2) is 14.8 Å². The quantitative estimate of drug-likeness (QED) is 0.357. The second-order valence-electron chi connectivity index (χ2n) is 2.67. The summed E-state index contributed by atoms with van der Waals surface area (Å²) < 4.78 is 0. The Hall–Kier alpha value is -1.21. The molecule has 0 amide bonds. The lowest BCUT2D eigenvalue weighted by Gasteiger charge is -2.01. The van der Waals surface area contributed by atoms with Gasteiger partial charge in [-0.05, 0) is 6.26 Å². The van der Waals surface area contributed by atoms with Gasteiger partial charge in [0.2, 0.25) is 0 Å². The van der Waals surface area contributed by atoms with Crippen molar-refractivity contribution in [3.05, 3.63) is 18.2 Å². The zero-order chi connectivity index (χ0) is 12.0. The number of anilines is 1. The van der Waals surface area contributed by atoms with E-state index in [0.717, 1.165) is 11.1 Å². The van der Waals surface area contributed by atoms with Gasteiger partial charge in [0.15, 0.2) is 5.16 Å². The lowest BCUT2D eigenvalue weighted by Crippen LogP contribution is -1.96. The van der Waals surface area contributed by atoms with Crippen LogP contribution in [0, 0.1) is 0 Å². The maximum absolute atomic E-state index is 10.2. The zero-order valence-corrected chi connectivity index (χ0v) is 10.2. The minimum atomic E-state index is -0.959. The first-order valence-corrected chi connectivity index (χ1v) is 6.53. The molecule has 7 heteroatoms. The highest BCUT2D eigenvalue weighted by Crippen LogP contribution is 2.20. The molecule has 0 spiro atoms. The zero-order valence-electron chi connectivity index (χ0n) is 8.58. The summed E-state index contributed by atoms with van der Waals surface area (Å²) in [6.07, 6.45) is 4.54. The second-order valence-corrected chi connectivity index (χ2v) is 4.48. The minimum Gasteiger partial charge on any atom is -0.478 e. The SMILES string of the molecule is CSc1cc(N)nc(SC/C=C/C(=O)O)n1. The molecule has 0 fully saturated rings. The highest BCUT2D eigenvalue weighted by atomic mass is 32.2. The van der Waals surface area contributed by atoms with Crippen molar-refractivity contribution in [1.29, 1.82) is 0 Å². The third kappa shape index (κ3) is 4.54. The van der Waals surface area contributed by atoms with Crippen molar-refractivity contribution in [2.45, 2.75) is 10.2 Å². The molecular weight excluding hydrogens is 246 g/mol. The number of carbonyl (C=O) groups is 1. The molecule has 0 saturated heterocycles. The first-order valence-electron chi connectivity index (χ1n) is 4.32. The Bertz CT molecular complexity index is 410. The fraction of sp³-hybridized carbons (Fsp3) is 0.222. The summed E-state index contributed by atoms with van der Waals surface area (Å²) in [5.74, 6) is -0.0354. The van der Waals surface area contributed by atoms with Crippen LogP contribution in [0.15, 0.2) is 28.4 Å². The molecule has 0 aliphatic heterocycles. The smallest absolute Gasteiger partial charge is 0.328 e. The van der Waals surface area contributed by atoms with Gasteiger partial charge >= 0.3 is 5.97 Å². The number of rotatable bonds is 5. The number of carboxylic acid groups (broad SMARTS) is 1. The summed E-state index contributed by atoms with van der Waals surface area (Å²) in [5, 5.41) is 9.74. The number of hydrogen-bond donors (Lipinski definition) is 2. The molecule has 1 heterocycles. The summed E-state index contributed by atoms with van der Waals surface area (Å²) in [6.45, 7) is 0. The first kappa shape index (κ1) is 12.9. The number of carboxylic acids is 1. The van der Waals surface area contributed by atoms with Crippen molar-refractivity contribution >= 4 is 35.3 Å². The van der Waals surface area contributed by atoms with Crippen LogP contribution in [0.1, 0.15) is 0 Å². The van der Waals surface area contributed by atoms with Crippen molar-refractivity contribution in [2.75, 3.05) is 17.7 Å². The Morgan fingerprint density at radius 3 is 3.00 bits per heavy atom. The van der Waals surface area contributed by atoms with E-state index in [4.69, 9.17) is 10.8 Å². The standard InChI is InChI=1S/C9H11N3O2S2/c1-15-7-5-6(10)11-9(12-7)16-4-2-3-8(13)14/h2-3,5H,4H2,1H3,(H,13,14)(H2,10,11,12)/b3-2+. The topological polar surface area (TPSA) is 89.1 Å². The summed E-state index contributed by atoms with van der Waals surface area (Å²) in [5.41, 5.74) is 5.60. The molecule has 0 radical (unpaired) electrons. The number of aliphatic carboxylic acids is 1. The van der Waals surface area contributed by atoms with Gasteiger partial charge in [0.1, 0.15) is 10.8 Å². The van der Waals surface area contributed by atoms with E-state index in [1.165, 1.54) is 29.6 Å². The number of thioether (sulfide) groups is 2. The summed E-state index contributed by atoms with van der Waals surface area (Å²) in [7, 11) is 0. The number of aromatic nitrogens is 2. The average Bonchev–Trinajstić information content (AvgIpc) is 2.23. The molecule has 0 bridgehead atoms. The molecule has 3 N–H and O–H groups in total. The molecule has 0 saturated carbocycles. The molecular formula is C9H11N3O2S2. The molecule has 1 rings (SSSR count). The minimum absolute atomic E-state index is 0.420. The number of nitrogen functional groups attached to an aromatic ring is 1. The van der Waals surface area contributed by atoms with Gasteiger partial charge in [0.05, 0.1) is 0 Å². The molecule has 0 aromatic carbocycles. The normalized spacial score (nSPS) is 10.8. The molecule has 1 aromatic heterocycles. The lowest BCUT2D eigenvalue weighted by molar-refractivity contribution is -0.131. The van der Waals surface area contributed by atoms with Crippen LogP contribution in [0.3, 0.4) is 0 Å². The summed E-state index contributed by atoms with van der Waals surface area (Å²) in [6, 6.07) is 1.70. The van der Waals surface area contributed by atoms with Gasteiger partial charge in [-0.15, -0.1) is 11.8 Å². The molecule has 0 unspecified atom stereocenters. The third-order valence-electron chi connectivity index (χ3n) is 1.48. The maximum Gasteiger partial charge on any atom is 0.328 e. The maximum atomic E-state index is 10.2. The highest BCUT2D eigenvalue weighted by Gasteiger charge is 2.01. The van der Waals surface area contributed by atoms with Gasteiger partial charge in [-0.1, -0.05) is 17.8 Å². The van der Waals surface area contributed by atoms with Crippen LogP contribution in [0.25, 0.3) is 0 Å². The fourth-order valence-corrected chi connectivity index (χ4v) is 2.01. The van der Waals surface area contributed by atoms with Crippen LogP contribution in [0.4, 0.5) is 5.82 Å². The first-order chi connectivity index (χ1) is 7.61. The van der Waals surface area contributed by atoms with Crippen LogP contribution < -0.4 is 5.73 Å². The Labute approximate surface area is 102 Å². The third-order valence-corrected chi connectivity index (χ3v) is 2.91. The summed E-state index contributed by atoms with van der Waals surface area (Å²) >= 11 is 2.83. The molecule has 16 heavy (non-hydrogen) atoms. The van der Waals surface area contributed by atoms with E-state index in [0.29, 0.717) is 16.7 Å². The van der Waals surface area contributed by atoms with Gasteiger partial charge < -0.3 is 10.8 Å². The number of nitrogens with zero attached hydrogens (tertiary/aromatic N) is 2. The second kappa shape index (κ2) is 6.39. The van der Waals surface area contributed by atoms with Crippen LogP contribution in [0.2, 0.25) is 0 Å². The predicted octanol–water partition coefficient (Wildman–Crippen LogP) is 1.51. The molecule has 0 aliphatic carbocycles. The molecule has 0 aliphatic rings. The molecule has 5 nitrogen and oxygen atoms in total. The largest absolute Gasteiger partial charge is 0.478 e. The van der Waals surface area contributed by atoms with Crippen molar-refractivity contribution in [3.63, 3.8) is 0 Å². The number of hydrogen-bond acceptors (Lipinski definition) is 6. The van der Waals surface area contributed by atoms with Crippen LogP contribution in [-0.4, -0.2) is 33.1 Å². The lowest BCUT2D eigenvalue weighted by atomic mass is 10.5. The Kier molecular flexibility index (Phi) is 5.13. The monoisotopic (exact) mass is 257 g/mol. The van der Waals surface area contributed by atoms with Gasteiger partial charge in [-0.2, -0.15) is 0 Å². The predicted molar refractivity (Wildman–Crippen MR) is 65.7 cm³/mol. The molecule has 1 aromatic rings. The van der Waals surface area contributed by atoms with Crippen molar-refractivity contribution < 1.29 is 9.90 Å². The molecule has 86 valence electrons. The van der Waals surface area contributed by atoms with Crippen LogP contribution in [-0.2, 0) is 4.79 Å². The average molecular weight is 257 g/mol. The Balaban J connectivity index is 2.60. The van der Waals surface area contributed by atoms with Crippen molar-refractivity contribution in [1.82, 2.24) is 9.97 Å². The van der Waals surface area contributed by atoms with E-state index in [1.807, 2.05) is 6.26 Å². The van der Waals surface area contributed by atoms with E-state index in [1.54, 1.807) is 6.07 Å². The number of nitrogens with two attached hydrogens (primary N) is 1. The van der Waals surface area contributed by atoms with Gasteiger partial charge in [0, 0.05) is 17.9 Å². The van der Waals surface area contributed by atoms with E-state index in [9.17, 15) is 4.79 Å². The van der Waals surface area contributed by atoms with Crippen LogP contribution in [0.5, 0.6) is 0 Å². The highest BCUT2D eigenvalue weighted by molar-refractivity contribution is 7.99.